The van der Waals surface area contributed by atoms with Gasteiger partial charge in [0.25, 0.3) is 0 Å². The molecular weight excluding hydrogens is 354 g/mol. The highest BCUT2D eigenvalue weighted by atomic mass is 16.5. The zero-order valence-electron chi connectivity index (χ0n) is 16.0. The summed E-state index contributed by atoms with van der Waals surface area (Å²) in [5, 5.41) is 7.46. The van der Waals surface area contributed by atoms with Gasteiger partial charge in [0, 0.05) is 31.9 Å². The van der Waals surface area contributed by atoms with E-state index < -0.39 is 0 Å². The molecule has 1 atom stereocenters. The van der Waals surface area contributed by atoms with Crippen LogP contribution in [0.3, 0.4) is 0 Å². The number of carbonyl (C=O) groups excluding carboxylic acids is 1. The molecule has 0 spiro atoms. The third kappa shape index (κ3) is 3.93. The molecule has 2 aromatic heterocycles. The zero-order valence-corrected chi connectivity index (χ0v) is 16.0. The van der Waals surface area contributed by atoms with E-state index in [0.717, 1.165) is 43.0 Å². The van der Waals surface area contributed by atoms with Crippen LogP contribution in [0.15, 0.2) is 48.8 Å². The number of anilines is 1. The van der Waals surface area contributed by atoms with Gasteiger partial charge < -0.3 is 15.0 Å². The molecule has 7 heteroatoms. The minimum Gasteiger partial charge on any atom is -0.497 e. The van der Waals surface area contributed by atoms with E-state index in [1.807, 2.05) is 40.9 Å². The third-order valence-electron chi connectivity index (χ3n) is 5.26. The summed E-state index contributed by atoms with van der Waals surface area (Å²) in [5.74, 6) is 1.95. The van der Waals surface area contributed by atoms with Gasteiger partial charge in [-0.15, -0.1) is 0 Å². The normalized spacial score (nSPS) is 16.9. The highest BCUT2D eigenvalue weighted by molar-refractivity contribution is 5.79. The first-order valence-electron chi connectivity index (χ1n) is 9.69. The molecular formula is C21H25N5O2. The number of benzene rings is 1. The Morgan fingerprint density at radius 1 is 1.21 bits per heavy atom. The van der Waals surface area contributed by atoms with Gasteiger partial charge in [0.2, 0.25) is 5.91 Å². The smallest absolute Gasteiger partial charge is 0.224 e. The molecule has 1 aromatic carbocycles. The molecule has 0 saturated carbocycles. The van der Waals surface area contributed by atoms with Crippen LogP contribution in [0, 0.1) is 5.92 Å². The molecule has 0 bridgehead atoms. The molecule has 1 N–H and O–H groups in total. The summed E-state index contributed by atoms with van der Waals surface area (Å²) in [6, 6.07) is 11.8. The number of hydrogen-bond donors (Lipinski definition) is 1. The molecule has 1 aliphatic heterocycles. The fourth-order valence-electron chi connectivity index (χ4n) is 3.73. The Morgan fingerprint density at radius 3 is 2.89 bits per heavy atom. The van der Waals surface area contributed by atoms with E-state index in [-0.39, 0.29) is 11.8 Å². The maximum atomic E-state index is 12.7. The average Bonchev–Trinajstić information content (AvgIpc) is 3.23. The molecule has 1 unspecified atom stereocenters. The standard InChI is InChI=1S/C21H25N5O2/c1-28-18-6-4-16(5-7-18)8-11-23-21(27)17-3-2-14-25(15-17)20-10-12-22-19-9-13-24-26(19)20/h4-7,9-10,12-13,17H,2-3,8,11,14-15H2,1H3,(H,23,27). The number of rotatable bonds is 6. The van der Waals surface area contributed by atoms with Crippen LogP contribution in [0.2, 0.25) is 0 Å². The second-order valence-electron chi connectivity index (χ2n) is 7.08. The van der Waals surface area contributed by atoms with Crippen molar-refractivity contribution in [2.45, 2.75) is 19.3 Å². The molecule has 1 aliphatic rings. The Hall–Kier alpha value is -3.09. The van der Waals surface area contributed by atoms with Gasteiger partial charge in [0.1, 0.15) is 11.6 Å². The van der Waals surface area contributed by atoms with Gasteiger partial charge in [-0.05, 0) is 43.0 Å². The SMILES string of the molecule is COc1ccc(CCNC(=O)C2CCCN(c3ccnc4ccnn34)C2)cc1. The van der Waals surface area contributed by atoms with Gasteiger partial charge in [0.05, 0.1) is 19.2 Å². The number of carbonyl (C=O) groups is 1. The van der Waals surface area contributed by atoms with Crippen molar-refractivity contribution in [1.82, 2.24) is 19.9 Å². The zero-order chi connectivity index (χ0) is 19.3. The van der Waals surface area contributed by atoms with Crippen LogP contribution >= 0.6 is 0 Å². The maximum Gasteiger partial charge on any atom is 0.224 e. The molecule has 1 saturated heterocycles. The first kappa shape index (κ1) is 18.3. The quantitative estimate of drug-likeness (QED) is 0.712. The summed E-state index contributed by atoms with van der Waals surface area (Å²) in [4.78, 5) is 19.2. The van der Waals surface area contributed by atoms with Gasteiger partial charge in [-0.25, -0.2) is 4.98 Å². The van der Waals surface area contributed by atoms with Crippen LogP contribution in [-0.4, -0.2) is 47.2 Å². The van der Waals surface area contributed by atoms with E-state index in [9.17, 15) is 4.79 Å². The van der Waals surface area contributed by atoms with Crippen LogP contribution in [0.5, 0.6) is 5.75 Å². The summed E-state index contributed by atoms with van der Waals surface area (Å²) < 4.78 is 7.01. The lowest BCUT2D eigenvalue weighted by Gasteiger charge is -2.33. The van der Waals surface area contributed by atoms with Crippen molar-refractivity contribution in [3.8, 4) is 5.75 Å². The summed E-state index contributed by atoms with van der Waals surface area (Å²) in [7, 11) is 1.66. The maximum absolute atomic E-state index is 12.7. The molecule has 146 valence electrons. The summed E-state index contributed by atoms with van der Waals surface area (Å²) >= 11 is 0. The fraction of sp³-hybridized carbons (Fsp3) is 0.381. The lowest BCUT2D eigenvalue weighted by Crippen LogP contribution is -2.44. The third-order valence-corrected chi connectivity index (χ3v) is 5.26. The van der Waals surface area contributed by atoms with Gasteiger partial charge in [-0.2, -0.15) is 9.61 Å². The Balaban J connectivity index is 1.33. The number of fused-ring (bicyclic) bond motifs is 1. The van der Waals surface area contributed by atoms with Crippen molar-refractivity contribution in [1.29, 1.82) is 0 Å². The predicted octanol–water partition coefficient (Wildman–Crippen LogP) is 2.31. The van der Waals surface area contributed by atoms with Crippen molar-refractivity contribution in [2.75, 3.05) is 31.6 Å². The van der Waals surface area contributed by atoms with Crippen molar-refractivity contribution in [3.05, 3.63) is 54.4 Å². The number of aromatic nitrogens is 3. The monoisotopic (exact) mass is 379 g/mol. The number of hydrogen-bond acceptors (Lipinski definition) is 5. The number of ether oxygens (including phenoxy) is 1. The number of nitrogens with zero attached hydrogens (tertiary/aromatic N) is 4. The van der Waals surface area contributed by atoms with E-state index in [2.05, 4.69) is 20.3 Å². The van der Waals surface area contributed by atoms with Crippen molar-refractivity contribution < 1.29 is 9.53 Å². The Bertz CT molecular complexity index is 937. The Kier molecular flexibility index (Phi) is 5.41. The van der Waals surface area contributed by atoms with E-state index in [1.54, 1.807) is 19.5 Å². The second-order valence-corrected chi connectivity index (χ2v) is 7.08. The molecule has 7 nitrogen and oxygen atoms in total. The Morgan fingerprint density at radius 2 is 2.07 bits per heavy atom. The van der Waals surface area contributed by atoms with E-state index in [1.165, 1.54) is 5.56 Å². The number of methoxy groups -OCH3 is 1. The topological polar surface area (TPSA) is 71.8 Å². The van der Waals surface area contributed by atoms with E-state index in [4.69, 9.17) is 4.74 Å². The van der Waals surface area contributed by atoms with E-state index in [0.29, 0.717) is 13.1 Å². The molecule has 0 aliphatic carbocycles. The van der Waals surface area contributed by atoms with E-state index >= 15 is 0 Å². The van der Waals surface area contributed by atoms with Gasteiger partial charge in [0.15, 0.2) is 5.65 Å². The lowest BCUT2D eigenvalue weighted by molar-refractivity contribution is -0.125. The van der Waals surface area contributed by atoms with Crippen LogP contribution in [0.1, 0.15) is 18.4 Å². The lowest BCUT2D eigenvalue weighted by atomic mass is 9.97. The van der Waals surface area contributed by atoms with Gasteiger partial charge in [-0.1, -0.05) is 12.1 Å². The molecule has 1 amide bonds. The van der Waals surface area contributed by atoms with Crippen LogP contribution < -0.4 is 15.0 Å². The van der Waals surface area contributed by atoms with Crippen LogP contribution in [0.4, 0.5) is 5.82 Å². The molecule has 28 heavy (non-hydrogen) atoms. The number of nitrogens with one attached hydrogen (secondary N) is 1. The van der Waals surface area contributed by atoms with Crippen LogP contribution in [0.25, 0.3) is 5.65 Å². The van der Waals surface area contributed by atoms with Gasteiger partial charge >= 0.3 is 0 Å². The second kappa shape index (κ2) is 8.29. The van der Waals surface area contributed by atoms with Gasteiger partial charge in [-0.3, -0.25) is 4.79 Å². The summed E-state index contributed by atoms with van der Waals surface area (Å²) in [6.45, 7) is 2.27. The minimum absolute atomic E-state index is 0.0107. The highest BCUT2D eigenvalue weighted by Crippen LogP contribution is 2.23. The molecule has 4 rings (SSSR count). The molecule has 0 radical (unpaired) electrons. The number of amides is 1. The van der Waals surface area contributed by atoms with Crippen molar-refractivity contribution >= 4 is 17.4 Å². The minimum atomic E-state index is -0.0107. The largest absolute Gasteiger partial charge is 0.497 e. The first-order valence-corrected chi connectivity index (χ1v) is 9.69. The van der Waals surface area contributed by atoms with Crippen LogP contribution in [-0.2, 0) is 11.2 Å². The fourth-order valence-corrected chi connectivity index (χ4v) is 3.73. The highest BCUT2D eigenvalue weighted by Gasteiger charge is 2.27. The molecule has 3 aromatic rings. The average molecular weight is 379 g/mol. The summed E-state index contributed by atoms with van der Waals surface area (Å²) in [5.41, 5.74) is 2.01. The molecule has 3 heterocycles. The number of piperidine rings is 1. The molecule has 1 fully saturated rings. The Labute approximate surface area is 164 Å². The predicted molar refractivity (Wildman–Crippen MR) is 108 cm³/mol. The summed E-state index contributed by atoms with van der Waals surface area (Å²) in [6.07, 6.45) is 6.26. The van der Waals surface area contributed by atoms with Crippen molar-refractivity contribution in [3.63, 3.8) is 0 Å². The first-order chi connectivity index (χ1) is 13.7. The van der Waals surface area contributed by atoms with Crippen molar-refractivity contribution in [2.24, 2.45) is 5.92 Å².